The molecule has 0 aliphatic heterocycles. The lowest BCUT2D eigenvalue weighted by Crippen LogP contribution is -2.21. The summed E-state index contributed by atoms with van der Waals surface area (Å²) in [7, 11) is 0. The largest absolute Gasteiger partial charge is 0.491 e. The minimum Gasteiger partial charge on any atom is -0.491 e. The van der Waals surface area contributed by atoms with Crippen molar-refractivity contribution in [3.63, 3.8) is 0 Å². The molecule has 4 heteroatoms. The highest BCUT2D eigenvalue weighted by Crippen LogP contribution is 2.27. The molecule has 112 valence electrons. The first-order valence-corrected chi connectivity index (χ1v) is 6.81. The third kappa shape index (κ3) is 3.22. The van der Waals surface area contributed by atoms with E-state index in [9.17, 15) is 8.78 Å². The molecule has 0 bridgehead atoms. The lowest BCUT2D eigenvalue weighted by atomic mass is 10.0. The molecule has 0 aliphatic rings. The van der Waals surface area contributed by atoms with Crippen molar-refractivity contribution < 1.29 is 13.5 Å². The molecule has 2 aromatic rings. The second kappa shape index (κ2) is 6.22. The molecule has 2 nitrogen and oxygen atoms in total. The van der Waals surface area contributed by atoms with Crippen LogP contribution in [0.25, 0.3) is 0 Å². The highest BCUT2D eigenvalue weighted by Gasteiger charge is 2.16. The van der Waals surface area contributed by atoms with Crippen molar-refractivity contribution in [1.82, 2.24) is 0 Å². The maximum Gasteiger partial charge on any atom is 0.163 e. The minimum atomic E-state index is -0.911. The van der Waals surface area contributed by atoms with Gasteiger partial charge in [0.2, 0.25) is 0 Å². The third-order valence-corrected chi connectivity index (χ3v) is 3.66. The summed E-state index contributed by atoms with van der Waals surface area (Å²) in [6, 6.07) is 7.25. The van der Waals surface area contributed by atoms with Crippen LogP contribution in [0.3, 0.4) is 0 Å². The van der Waals surface area contributed by atoms with Crippen molar-refractivity contribution in [2.45, 2.75) is 26.8 Å². The Morgan fingerprint density at radius 1 is 1.05 bits per heavy atom. The highest BCUT2D eigenvalue weighted by molar-refractivity contribution is 5.44. The summed E-state index contributed by atoms with van der Waals surface area (Å²) in [5.74, 6) is -1.06. The molecule has 1 unspecified atom stereocenters. The fraction of sp³-hybridized carbons (Fsp3) is 0.294. The Bertz CT molecular complexity index is 655. The van der Waals surface area contributed by atoms with Gasteiger partial charge in [0.05, 0.1) is 6.04 Å². The molecular formula is C17H19F2NO. The molecule has 0 amide bonds. The molecule has 1 atom stereocenters. The molecule has 0 heterocycles. The summed E-state index contributed by atoms with van der Waals surface area (Å²) in [4.78, 5) is 0. The molecule has 0 radical (unpaired) electrons. The summed E-state index contributed by atoms with van der Waals surface area (Å²) in [6.07, 6.45) is 0. The molecule has 2 N–H and O–H groups in total. The van der Waals surface area contributed by atoms with Crippen molar-refractivity contribution in [1.29, 1.82) is 0 Å². The second-order valence-electron chi connectivity index (χ2n) is 5.21. The van der Waals surface area contributed by atoms with E-state index in [1.54, 1.807) is 0 Å². The van der Waals surface area contributed by atoms with Crippen molar-refractivity contribution in [3.05, 3.63) is 64.2 Å². The quantitative estimate of drug-likeness (QED) is 0.925. The van der Waals surface area contributed by atoms with Gasteiger partial charge in [0.15, 0.2) is 11.6 Å². The molecule has 0 aromatic heterocycles. The molecule has 21 heavy (non-hydrogen) atoms. The zero-order chi connectivity index (χ0) is 15.6. The Labute approximate surface area is 123 Å². The zero-order valence-electron chi connectivity index (χ0n) is 12.4. The van der Waals surface area contributed by atoms with Crippen LogP contribution in [0.15, 0.2) is 30.3 Å². The molecule has 0 fully saturated rings. The summed E-state index contributed by atoms with van der Waals surface area (Å²) in [6.45, 7) is 5.99. The van der Waals surface area contributed by atoms with E-state index in [2.05, 4.69) is 0 Å². The predicted molar refractivity (Wildman–Crippen MR) is 79.4 cm³/mol. The zero-order valence-corrected chi connectivity index (χ0v) is 12.4. The lowest BCUT2D eigenvalue weighted by Gasteiger charge is -2.18. The smallest absolute Gasteiger partial charge is 0.163 e. The molecular weight excluding hydrogens is 272 g/mol. The average Bonchev–Trinajstić information content (AvgIpc) is 2.46. The summed E-state index contributed by atoms with van der Waals surface area (Å²) >= 11 is 0. The molecule has 0 spiro atoms. The number of aryl methyl sites for hydroxylation is 2. The molecule has 0 saturated heterocycles. The van der Waals surface area contributed by atoms with E-state index in [0.717, 1.165) is 28.5 Å². The number of halogens is 2. The molecule has 2 rings (SSSR count). The van der Waals surface area contributed by atoms with Gasteiger partial charge in [-0.15, -0.1) is 0 Å². The van der Waals surface area contributed by atoms with Gasteiger partial charge in [0, 0.05) is 5.56 Å². The normalized spacial score (nSPS) is 12.3. The van der Waals surface area contributed by atoms with Gasteiger partial charge in [-0.3, -0.25) is 0 Å². The van der Waals surface area contributed by atoms with Crippen LogP contribution in [0.4, 0.5) is 8.78 Å². The van der Waals surface area contributed by atoms with Crippen LogP contribution in [0, 0.1) is 32.4 Å². The summed E-state index contributed by atoms with van der Waals surface area (Å²) in [5.41, 5.74) is 9.17. The van der Waals surface area contributed by atoms with E-state index in [1.807, 2.05) is 32.9 Å². The summed E-state index contributed by atoms with van der Waals surface area (Å²) in [5, 5.41) is 0. The number of hydrogen-bond donors (Lipinski definition) is 1. The van der Waals surface area contributed by atoms with Crippen LogP contribution in [-0.2, 0) is 0 Å². The van der Waals surface area contributed by atoms with Crippen LogP contribution in [0.5, 0.6) is 5.75 Å². The van der Waals surface area contributed by atoms with Crippen LogP contribution in [0.2, 0.25) is 0 Å². The van der Waals surface area contributed by atoms with Crippen molar-refractivity contribution >= 4 is 0 Å². The van der Waals surface area contributed by atoms with Gasteiger partial charge < -0.3 is 10.5 Å². The van der Waals surface area contributed by atoms with Crippen LogP contribution >= 0.6 is 0 Å². The minimum absolute atomic E-state index is 0.0888. The number of benzene rings is 2. The topological polar surface area (TPSA) is 35.2 Å². The van der Waals surface area contributed by atoms with Crippen molar-refractivity contribution in [3.8, 4) is 5.75 Å². The standard InChI is InChI=1S/C17H19F2NO/c1-10-7-8-11(2)17(12(10)3)21-9-15(20)13-5-4-6-14(18)16(13)19/h4-8,15H,9,20H2,1-3H3. The third-order valence-electron chi connectivity index (χ3n) is 3.66. The maximum atomic E-state index is 13.7. The van der Waals surface area contributed by atoms with Crippen LogP contribution in [-0.4, -0.2) is 6.61 Å². The van der Waals surface area contributed by atoms with E-state index >= 15 is 0 Å². The first kappa shape index (κ1) is 15.4. The van der Waals surface area contributed by atoms with Crippen molar-refractivity contribution in [2.24, 2.45) is 5.73 Å². The fourth-order valence-electron chi connectivity index (χ4n) is 2.22. The van der Waals surface area contributed by atoms with Gasteiger partial charge in [-0.1, -0.05) is 24.3 Å². The van der Waals surface area contributed by atoms with Gasteiger partial charge in [-0.05, 0) is 43.5 Å². The van der Waals surface area contributed by atoms with Crippen LogP contribution < -0.4 is 10.5 Å². The molecule has 2 aromatic carbocycles. The first-order chi connectivity index (χ1) is 9.91. The van der Waals surface area contributed by atoms with E-state index in [1.165, 1.54) is 12.1 Å². The lowest BCUT2D eigenvalue weighted by molar-refractivity contribution is 0.283. The van der Waals surface area contributed by atoms with Gasteiger partial charge in [-0.25, -0.2) is 8.78 Å². The Hall–Kier alpha value is -1.94. The summed E-state index contributed by atoms with van der Waals surface area (Å²) < 4.78 is 32.6. The van der Waals surface area contributed by atoms with Crippen LogP contribution in [0.1, 0.15) is 28.3 Å². The maximum absolute atomic E-state index is 13.7. The highest BCUT2D eigenvalue weighted by atomic mass is 19.2. The molecule has 0 saturated carbocycles. The predicted octanol–water partition coefficient (Wildman–Crippen LogP) is 3.97. The number of rotatable bonds is 4. The first-order valence-electron chi connectivity index (χ1n) is 6.81. The SMILES string of the molecule is Cc1ccc(C)c(OCC(N)c2cccc(F)c2F)c1C. The fourth-order valence-corrected chi connectivity index (χ4v) is 2.22. The number of ether oxygens (including phenoxy) is 1. The van der Waals surface area contributed by atoms with E-state index in [0.29, 0.717) is 0 Å². The Balaban J connectivity index is 2.17. The molecule has 0 aliphatic carbocycles. The number of nitrogens with two attached hydrogens (primary N) is 1. The van der Waals surface area contributed by atoms with Gasteiger partial charge in [0.25, 0.3) is 0 Å². The monoisotopic (exact) mass is 291 g/mol. The Morgan fingerprint density at radius 2 is 1.71 bits per heavy atom. The van der Waals surface area contributed by atoms with E-state index in [-0.39, 0.29) is 12.2 Å². The average molecular weight is 291 g/mol. The van der Waals surface area contributed by atoms with Gasteiger partial charge in [0.1, 0.15) is 12.4 Å². The van der Waals surface area contributed by atoms with Gasteiger partial charge in [-0.2, -0.15) is 0 Å². The second-order valence-corrected chi connectivity index (χ2v) is 5.21. The van der Waals surface area contributed by atoms with Gasteiger partial charge >= 0.3 is 0 Å². The van der Waals surface area contributed by atoms with E-state index in [4.69, 9.17) is 10.5 Å². The van der Waals surface area contributed by atoms with E-state index < -0.39 is 17.7 Å². The Morgan fingerprint density at radius 3 is 2.43 bits per heavy atom. The Kier molecular flexibility index (Phi) is 4.58. The number of hydrogen-bond acceptors (Lipinski definition) is 2. The van der Waals surface area contributed by atoms with Crippen molar-refractivity contribution in [2.75, 3.05) is 6.61 Å².